The van der Waals surface area contributed by atoms with Crippen molar-refractivity contribution in [3.63, 3.8) is 0 Å². The molecule has 3 atom stereocenters. The van der Waals surface area contributed by atoms with Gasteiger partial charge in [0.2, 0.25) is 0 Å². The van der Waals surface area contributed by atoms with Gasteiger partial charge in [0.15, 0.2) is 0 Å². The van der Waals surface area contributed by atoms with Crippen LogP contribution in [0.4, 0.5) is 0 Å². The summed E-state index contributed by atoms with van der Waals surface area (Å²) in [5.74, 6) is 0.734. The van der Waals surface area contributed by atoms with Gasteiger partial charge in [-0.1, -0.05) is 12.8 Å². The quantitative estimate of drug-likeness (QED) is 0.818. The molecule has 1 aliphatic heterocycles. The lowest BCUT2D eigenvalue weighted by Gasteiger charge is -2.24. The highest BCUT2D eigenvalue weighted by Gasteiger charge is 2.41. The van der Waals surface area contributed by atoms with Crippen molar-refractivity contribution < 1.29 is 8.95 Å². The zero-order valence-corrected chi connectivity index (χ0v) is 11.9. The molecule has 0 bridgehead atoms. The second-order valence-electron chi connectivity index (χ2n) is 5.72. The first-order chi connectivity index (χ1) is 8.10. The Morgan fingerprint density at radius 1 is 1.41 bits per heavy atom. The van der Waals surface area contributed by atoms with Crippen molar-refractivity contribution in [2.24, 2.45) is 0 Å². The fourth-order valence-electron chi connectivity index (χ4n) is 3.17. The zero-order valence-electron chi connectivity index (χ0n) is 11.0. The molecule has 1 N–H and O–H groups in total. The van der Waals surface area contributed by atoms with Crippen molar-refractivity contribution in [3.8, 4) is 0 Å². The molecule has 0 radical (unpaired) electrons. The van der Waals surface area contributed by atoms with Crippen LogP contribution in [0.5, 0.6) is 0 Å². The Bertz CT molecular complexity index is 277. The lowest BCUT2D eigenvalue weighted by molar-refractivity contribution is -0.0355. The largest absolute Gasteiger partial charge is 0.370 e. The number of rotatable bonds is 5. The Balaban J connectivity index is 1.69. The monoisotopic (exact) mass is 259 g/mol. The zero-order chi connectivity index (χ0) is 12.3. The van der Waals surface area contributed by atoms with Gasteiger partial charge in [0.25, 0.3) is 0 Å². The lowest BCUT2D eigenvalue weighted by atomic mass is 9.98. The molecule has 0 amide bonds. The minimum Gasteiger partial charge on any atom is -0.370 e. The second kappa shape index (κ2) is 5.81. The molecule has 17 heavy (non-hydrogen) atoms. The molecule has 0 aromatic heterocycles. The van der Waals surface area contributed by atoms with Crippen LogP contribution in [-0.2, 0) is 15.5 Å². The minimum atomic E-state index is -0.710. The van der Waals surface area contributed by atoms with E-state index in [-0.39, 0.29) is 5.60 Å². The highest BCUT2D eigenvalue weighted by atomic mass is 32.2. The van der Waals surface area contributed by atoms with Crippen LogP contribution in [-0.4, -0.2) is 40.5 Å². The van der Waals surface area contributed by atoms with Crippen molar-refractivity contribution >= 4 is 10.8 Å². The molecule has 1 saturated heterocycles. The molecule has 0 aromatic carbocycles. The normalized spacial score (nSPS) is 30.8. The van der Waals surface area contributed by atoms with E-state index in [9.17, 15) is 4.21 Å². The molecule has 2 aliphatic rings. The first-order valence-corrected chi connectivity index (χ1v) is 8.54. The molecule has 2 fully saturated rings. The predicted octanol–water partition coefficient (Wildman–Crippen LogP) is 1.83. The summed E-state index contributed by atoms with van der Waals surface area (Å²) in [5, 5.41) is 3.44. The Kier molecular flexibility index (Phi) is 4.61. The number of ether oxygens (including phenoxy) is 1. The van der Waals surface area contributed by atoms with Crippen molar-refractivity contribution in [1.29, 1.82) is 0 Å². The van der Waals surface area contributed by atoms with E-state index in [0.717, 1.165) is 12.3 Å². The molecular formula is C13H25NO2S. The van der Waals surface area contributed by atoms with Crippen LogP contribution in [0.1, 0.15) is 45.4 Å². The van der Waals surface area contributed by atoms with Gasteiger partial charge in [0, 0.05) is 35.4 Å². The molecule has 1 aliphatic carbocycles. The third-order valence-corrected chi connectivity index (χ3v) is 5.00. The Hall–Kier alpha value is 0.0700. The van der Waals surface area contributed by atoms with E-state index in [2.05, 4.69) is 12.2 Å². The summed E-state index contributed by atoms with van der Waals surface area (Å²) in [6.07, 6.45) is 9.77. The first kappa shape index (κ1) is 13.5. The maximum atomic E-state index is 11.1. The standard InChI is InChI=1S/C13H25NO2S/c1-11(10-17(2)15)14-9-12-5-8-13(16-12)6-3-4-7-13/h11-12,14H,3-10H2,1-2H3. The molecule has 1 saturated carbocycles. The summed E-state index contributed by atoms with van der Waals surface area (Å²) in [4.78, 5) is 0. The van der Waals surface area contributed by atoms with Crippen molar-refractivity contribution in [1.82, 2.24) is 5.32 Å². The van der Waals surface area contributed by atoms with Gasteiger partial charge in [-0.05, 0) is 32.6 Å². The Labute approximate surface area is 107 Å². The molecule has 1 heterocycles. The SMILES string of the molecule is CC(CS(C)=O)NCC1CCC2(CCCC2)O1. The van der Waals surface area contributed by atoms with E-state index in [1.54, 1.807) is 6.26 Å². The minimum absolute atomic E-state index is 0.239. The van der Waals surface area contributed by atoms with Crippen molar-refractivity contribution in [2.75, 3.05) is 18.6 Å². The third kappa shape index (κ3) is 3.76. The van der Waals surface area contributed by atoms with Gasteiger partial charge < -0.3 is 10.1 Å². The van der Waals surface area contributed by atoms with E-state index in [1.807, 2.05) is 0 Å². The van der Waals surface area contributed by atoms with Crippen LogP contribution in [0, 0.1) is 0 Å². The van der Waals surface area contributed by atoms with Crippen LogP contribution in [0.3, 0.4) is 0 Å². The summed E-state index contributed by atoms with van der Waals surface area (Å²) in [6, 6.07) is 0.324. The molecule has 1 spiro atoms. The maximum absolute atomic E-state index is 11.1. The summed E-state index contributed by atoms with van der Waals surface area (Å²) >= 11 is 0. The summed E-state index contributed by atoms with van der Waals surface area (Å²) in [7, 11) is -0.710. The molecule has 100 valence electrons. The fraction of sp³-hybridized carbons (Fsp3) is 1.00. The van der Waals surface area contributed by atoms with E-state index in [1.165, 1.54) is 38.5 Å². The third-order valence-electron chi connectivity index (χ3n) is 4.03. The van der Waals surface area contributed by atoms with E-state index in [4.69, 9.17) is 4.74 Å². The van der Waals surface area contributed by atoms with Gasteiger partial charge in [-0.15, -0.1) is 0 Å². The van der Waals surface area contributed by atoms with Gasteiger partial charge in [-0.25, -0.2) is 0 Å². The van der Waals surface area contributed by atoms with Crippen LogP contribution in [0.25, 0.3) is 0 Å². The molecule has 0 aromatic rings. The van der Waals surface area contributed by atoms with Crippen LogP contribution < -0.4 is 5.32 Å². The Morgan fingerprint density at radius 2 is 2.12 bits per heavy atom. The number of hydrogen-bond donors (Lipinski definition) is 1. The van der Waals surface area contributed by atoms with Gasteiger partial charge in [0.05, 0.1) is 11.7 Å². The average molecular weight is 259 g/mol. The van der Waals surface area contributed by atoms with E-state index >= 15 is 0 Å². The average Bonchev–Trinajstić information content (AvgIpc) is 2.86. The van der Waals surface area contributed by atoms with Crippen LogP contribution >= 0.6 is 0 Å². The number of hydrogen-bond acceptors (Lipinski definition) is 3. The van der Waals surface area contributed by atoms with Gasteiger partial charge in [-0.2, -0.15) is 0 Å². The smallest absolute Gasteiger partial charge is 0.0708 e. The van der Waals surface area contributed by atoms with Gasteiger partial charge >= 0.3 is 0 Å². The molecule has 4 heteroatoms. The summed E-state index contributed by atoms with van der Waals surface area (Å²) in [6.45, 7) is 3.02. The summed E-state index contributed by atoms with van der Waals surface area (Å²) < 4.78 is 17.3. The van der Waals surface area contributed by atoms with Crippen LogP contribution in [0.2, 0.25) is 0 Å². The number of nitrogens with one attached hydrogen (secondary N) is 1. The molecule has 2 rings (SSSR count). The fourth-order valence-corrected chi connectivity index (χ4v) is 3.99. The highest BCUT2D eigenvalue weighted by molar-refractivity contribution is 7.84. The summed E-state index contributed by atoms with van der Waals surface area (Å²) in [5.41, 5.74) is 0.239. The van der Waals surface area contributed by atoms with Gasteiger partial charge in [0.1, 0.15) is 0 Å². The maximum Gasteiger partial charge on any atom is 0.0708 e. The molecule has 3 unspecified atom stereocenters. The Morgan fingerprint density at radius 3 is 2.76 bits per heavy atom. The molecular weight excluding hydrogens is 234 g/mol. The van der Waals surface area contributed by atoms with E-state index in [0.29, 0.717) is 12.1 Å². The van der Waals surface area contributed by atoms with E-state index < -0.39 is 10.8 Å². The topological polar surface area (TPSA) is 38.3 Å². The van der Waals surface area contributed by atoms with Crippen LogP contribution in [0.15, 0.2) is 0 Å². The van der Waals surface area contributed by atoms with Crippen molar-refractivity contribution in [3.05, 3.63) is 0 Å². The molecule has 3 nitrogen and oxygen atoms in total. The van der Waals surface area contributed by atoms with Crippen molar-refractivity contribution in [2.45, 2.75) is 63.2 Å². The second-order valence-corrected chi connectivity index (χ2v) is 7.20. The first-order valence-electron chi connectivity index (χ1n) is 6.81. The predicted molar refractivity (Wildman–Crippen MR) is 71.7 cm³/mol. The van der Waals surface area contributed by atoms with Gasteiger partial charge in [-0.3, -0.25) is 4.21 Å². The lowest BCUT2D eigenvalue weighted by Crippen LogP contribution is -2.38. The highest BCUT2D eigenvalue weighted by Crippen LogP contribution is 2.43.